The number of carbonyl (C=O) groups is 2. The Morgan fingerprint density at radius 3 is 2.27 bits per heavy atom. The van der Waals surface area contributed by atoms with Gasteiger partial charge in [0.1, 0.15) is 25.8 Å². The Morgan fingerprint density at radius 2 is 1.61 bits per heavy atom. The molecule has 1 aliphatic heterocycles. The molecule has 0 saturated carbocycles. The quantitative estimate of drug-likeness (QED) is 0.327. The van der Waals surface area contributed by atoms with Crippen molar-refractivity contribution < 1.29 is 27.5 Å². The molecule has 0 fully saturated rings. The van der Waals surface area contributed by atoms with E-state index in [1.807, 2.05) is 6.92 Å². The van der Waals surface area contributed by atoms with E-state index in [1.165, 1.54) is 23.1 Å². The van der Waals surface area contributed by atoms with Crippen molar-refractivity contribution in [2.75, 3.05) is 30.6 Å². The standard InChI is InChI=1S/C29H31Cl2N3O6S/c1-3-14-32-29(36)20(2)33(18-23-24(30)10-7-11-25(23)31)28(35)19-34(41(37,38)22-8-5-4-6-9-22)21-12-13-26-27(17-21)40-16-15-39-26/h4-13,17,20H,3,14-16,18-19H2,1-2H3,(H,32,36). The zero-order valence-corrected chi connectivity index (χ0v) is 25.0. The molecule has 0 saturated heterocycles. The van der Waals surface area contributed by atoms with Crippen molar-refractivity contribution in [3.63, 3.8) is 0 Å². The molecule has 1 unspecified atom stereocenters. The average Bonchev–Trinajstić information content (AvgIpc) is 2.98. The summed E-state index contributed by atoms with van der Waals surface area (Å²) in [6.07, 6.45) is 0.704. The van der Waals surface area contributed by atoms with Gasteiger partial charge >= 0.3 is 0 Å². The molecule has 0 radical (unpaired) electrons. The fraction of sp³-hybridized carbons (Fsp3) is 0.310. The van der Waals surface area contributed by atoms with Gasteiger partial charge in [0.05, 0.1) is 10.6 Å². The minimum absolute atomic E-state index is 0.00266. The molecule has 1 aliphatic rings. The van der Waals surface area contributed by atoms with Crippen LogP contribution in [0.4, 0.5) is 5.69 Å². The number of amides is 2. The van der Waals surface area contributed by atoms with Crippen molar-refractivity contribution >= 4 is 50.7 Å². The number of benzene rings is 3. The van der Waals surface area contributed by atoms with Crippen LogP contribution in [0.15, 0.2) is 71.6 Å². The van der Waals surface area contributed by atoms with Gasteiger partial charge in [-0.05, 0) is 49.7 Å². The lowest BCUT2D eigenvalue weighted by Gasteiger charge is -2.32. The van der Waals surface area contributed by atoms with Crippen molar-refractivity contribution in [3.8, 4) is 11.5 Å². The number of sulfonamides is 1. The minimum atomic E-state index is -4.22. The van der Waals surface area contributed by atoms with Gasteiger partial charge in [0.15, 0.2) is 11.5 Å². The van der Waals surface area contributed by atoms with E-state index in [2.05, 4.69) is 5.32 Å². The van der Waals surface area contributed by atoms with Gasteiger partial charge in [-0.1, -0.05) is 54.4 Å². The van der Waals surface area contributed by atoms with Crippen LogP contribution >= 0.6 is 23.2 Å². The lowest BCUT2D eigenvalue weighted by Crippen LogP contribution is -2.51. The van der Waals surface area contributed by atoms with Gasteiger partial charge in [-0.25, -0.2) is 8.42 Å². The molecule has 12 heteroatoms. The van der Waals surface area contributed by atoms with Gasteiger partial charge in [0.25, 0.3) is 10.0 Å². The molecule has 1 heterocycles. The third kappa shape index (κ3) is 7.06. The number of nitrogens with zero attached hydrogens (tertiary/aromatic N) is 2. The van der Waals surface area contributed by atoms with Gasteiger partial charge in [-0.15, -0.1) is 0 Å². The number of halogens is 2. The number of ether oxygens (including phenoxy) is 2. The highest BCUT2D eigenvalue weighted by Gasteiger charge is 2.33. The summed E-state index contributed by atoms with van der Waals surface area (Å²) in [6, 6.07) is 16.5. The van der Waals surface area contributed by atoms with E-state index in [0.29, 0.717) is 53.3 Å². The largest absolute Gasteiger partial charge is 0.486 e. The number of rotatable bonds is 11. The molecular weight excluding hydrogens is 589 g/mol. The van der Waals surface area contributed by atoms with Gasteiger partial charge < -0.3 is 19.7 Å². The van der Waals surface area contributed by atoms with Crippen LogP contribution < -0.4 is 19.1 Å². The molecule has 0 bridgehead atoms. The van der Waals surface area contributed by atoms with E-state index in [9.17, 15) is 18.0 Å². The molecule has 218 valence electrons. The van der Waals surface area contributed by atoms with Gasteiger partial charge in [-0.2, -0.15) is 0 Å². The number of hydrogen-bond donors (Lipinski definition) is 1. The van der Waals surface area contributed by atoms with Gasteiger partial charge in [-0.3, -0.25) is 13.9 Å². The van der Waals surface area contributed by atoms with Crippen LogP contribution in [-0.4, -0.2) is 57.5 Å². The van der Waals surface area contributed by atoms with Crippen molar-refractivity contribution in [2.45, 2.75) is 37.8 Å². The van der Waals surface area contributed by atoms with E-state index in [0.717, 1.165) is 4.31 Å². The molecule has 1 atom stereocenters. The van der Waals surface area contributed by atoms with Crippen LogP contribution in [0.2, 0.25) is 10.0 Å². The maximum atomic E-state index is 14.0. The molecule has 0 spiro atoms. The first-order valence-corrected chi connectivity index (χ1v) is 15.3. The van der Waals surface area contributed by atoms with Crippen LogP contribution in [0.1, 0.15) is 25.8 Å². The summed E-state index contributed by atoms with van der Waals surface area (Å²) in [6.45, 7) is 3.86. The highest BCUT2D eigenvalue weighted by Crippen LogP contribution is 2.36. The molecular formula is C29H31Cl2N3O6S. The summed E-state index contributed by atoms with van der Waals surface area (Å²) >= 11 is 12.8. The molecule has 0 aliphatic carbocycles. The Labute approximate surface area is 250 Å². The number of carbonyl (C=O) groups excluding carboxylic acids is 2. The highest BCUT2D eigenvalue weighted by atomic mass is 35.5. The first-order valence-electron chi connectivity index (χ1n) is 13.1. The molecule has 0 aromatic heterocycles. The summed E-state index contributed by atoms with van der Waals surface area (Å²) < 4.78 is 40.1. The van der Waals surface area contributed by atoms with E-state index in [1.54, 1.807) is 55.5 Å². The zero-order chi connectivity index (χ0) is 29.6. The predicted molar refractivity (Wildman–Crippen MR) is 158 cm³/mol. The second-order valence-corrected chi connectivity index (χ2v) is 12.0. The fourth-order valence-corrected chi connectivity index (χ4v) is 6.21. The van der Waals surface area contributed by atoms with Crippen molar-refractivity contribution in [1.29, 1.82) is 0 Å². The van der Waals surface area contributed by atoms with Gasteiger partial charge in [0.2, 0.25) is 11.8 Å². The lowest BCUT2D eigenvalue weighted by atomic mass is 10.1. The van der Waals surface area contributed by atoms with Crippen molar-refractivity contribution in [3.05, 3.63) is 82.3 Å². The van der Waals surface area contributed by atoms with Crippen LogP contribution in [-0.2, 0) is 26.2 Å². The summed E-state index contributed by atoms with van der Waals surface area (Å²) in [7, 11) is -4.22. The summed E-state index contributed by atoms with van der Waals surface area (Å²) in [5.74, 6) is -0.184. The van der Waals surface area contributed by atoms with Gasteiger partial charge in [0, 0.05) is 34.8 Å². The van der Waals surface area contributed by atoms with Crippen LogP contribution in [0.25, 0.3) is 0 Å². The van der Waals surface area contributed by atoms with Crippen LogP contribution in [0, 0.1) is 0 Å². The first-order chi connectivity index (χ1) is 19.6. The summed E-state index contributed by atoms with van der Waals surface area (Å²) in [4.78, 5) is 28.3. The lowest BCUT2D eigenvalue weighted by molar-refractivity contribution is -0.139. The van der Waals surface area contributed by atoms with Crippen LogP contribution in [0.3, 0.4) is 0 Å². The first kappa shape index (κ1) is 30.5. The second kappa shape index (κ2) is 13.5. The SMILES string of the molecule is CCCNC(=O)C(C)N(Cc1c(Cl)cccc1Cl)C(=O)CN(c1ccc2c(c1)OCCO2)S(=O)(=O)c1ccccc1. The second-order valence-electron chi connectivity index (χ2n) is 9.34. The van der Waals surface area contributed by atoms with E-state index in [4.69, 9.17) is 32.7 Å². The topological polar surface area (TPSA) is 105 Å². The number of fused-ring (bicyclic) bond motifs is 1. The van der Waals surface area contributed by atoms with E-state index >= 15 is 0 Å². The minimum Gasteiger partial charge on any atom is -0.486 e. The Morgan fingerprint density at radius 1 is 0.951 bits per heavy atom. The third-order valence-corrected chi connectivity index (χ3v) is 9.03. The Bertz CT molecular complexity index is 1480. The molecule has 3 aromatic rings. The number of nitrogens with one attached hydrogen (secondary N) is 1. The third-order valence-electron chi connectivity index (χ3n) is 6.53. The maximum absolute atomic E-state index is 14.0. The molecule has 1 N–H and O–H groups in total. The maximum Gasteiger partial charge on any atom is 0.264 e. The molecule has 4 rings (SSSR count). The Hall–Kier alpha value is -3.47. The predicted octanol–water partition coefficient (Wildman–Crippen LogP) is 4.90. The summed E-state index contributed by atoms with van der Waals surface area (Å²) in [5, 5.41) is 3.43. The zero-order valence-electron chi connectivity index (χ0n) is 22.7. The van der Waals surface area contributed by atoms with Crippen molar-refractivity contribution in [2.24, 2.45) is 0 Å². The monoisotopic (exact) mass is 619 g/mol. The number of hydrogen-bond acceptors (Lipinski definition) is 6. The molecule has 2 amide bonds. The number of anilines is 1. The van der Waals surface area contributed by atoms with E-state index < -0.39 is 28.5 Å². The average molecular weight is 621 g/mol. The Balaban J connectivity index is 1.75. The molecule has 3 aromatic carbocycles. The summed E-state index contributed by atoms with van der Waals surface area (Å²) in [5.41, 5.74) is 0.640. The Kier molecular flexibility index (Phi) is 10.0. The molecule has 9 nitrogen and oxygen atoms in total. The van der Waals surface area contributed by atoms with Crippen molar-refractivity contribution in [1.82, 2.24) is 10.2 Å². The normalized spacial score (nSPS) is 13.3. The highest BCUT2D eigenvalue weighted by molar-refractivity contribution is 7.92. The smallest absolute Gasteiger partial charge is 0.264 e. The molecule has 41 heavy (non-hydrogen) atoms. The fourth-order valence-electron chi connectivity index (χ4n) is 4.27. The van der Waals surface area contributed by atoms with E-state index in [-0.39, 0.29) is 23.0 Å². The van der Waals surface area contributed by atoms with Crippen LogP contribution in [0.5, 0.6) is 11.5 Å².